The van der Waals surface area contributed by atoms with Crippen molar-refractivity contribution in [2.24, 2.45) is 0 Å². The van der Waals surface area contributed by atoms with E-state index >= 15 is 0 Å². The Morgan fingerprint density at radius 3 is 2.25 bits per heavy atom. The molecule has 0 radical (unpaired) electrons. The first kappa shape index (κ1) is 29.2. The molecule has 224 valence electrons. The second-order valence-corrected chi connectivity index (χ2v) is 11.1. The number of carbonyl (C=O) groups excluding carboxylic acids is 1. The normalized spacial score (nSPS) is 13.6. The van der Waals surface area contributed by atoms with Crippen LogP contribution in [0.5, 0.6) is 5.75 Å². The molecule has 1 N–H and O–H groups in total. The van der Waals surface area contributed by atoms with Gasteiger partial charge in [0.15, 0.2) is 11.0 Å². The van der Waals surface area contributed by atoms with Gasteiger partial charge in [0, 0.05) is 43.9 Å². The molecule has 1 saturated heterocycles. The third-order valence-electron chi connectivity index (χ3n) is 8.38. The fourth-order valence-electron chi connectivity index (χ4n) is 5.91. The Morgan fingerprint density at radius 1 is 0.818 bits per heavy atom. The van der Waals surface area contributed by atoms with Crippen LogP contribution in [0, 0.1) is 6.92 Å². The molecule has 44 heavy (non-hydrogen) atoms. The van der Waals surface area contributed by atoms with E-state index in [1.807, 2.05) is 60.7 Å². The molecule has 6 rings (SSSR count). The maximum Gasteiger partial charge on any atom is 0.255 e. The Balaban J connectivity index is 1.10. The van der Waals surface area contributed by atoms with Crippen molar-refractivity contribution >= 4 is 22.6 Å². The topological polar surface area (TPSA) is 75.0 Å². The molecular formula is C37H37N3O4. The Kier molecular flexibility index (Phi) is 8.75. The summed E-state index contributed by atoms with van der Waals surface area (Å²) in [6, 6.07) is 31.4. The minimum absolute atomic E-state index is 0.129. The molecule has 0 saturated carbocycles. The highest BCUT2D eigenvalue weighted by atomic mass is 16.5. The van der Waals surface area contributed by atoms with E-state index in [1.54, 1.807) is 32.2 Å². The van der Waals surface area contributed by atoms with Crippen molar-refractivity contribution in [3.63, 3.8) is 0 Å². The molecule has 5 aromatic rings. The van der Waals surface area contributed by atoms with Gasteiger partial charge in [-0.2, -0.15) is 0 Å². The Labute approximate surface area is 257 Å². The molecule has 7 heteroatoms. The second kappa shape index (κ2) is 13.2. The van der Waals surface area contributed by atoms with Crippen LogP contribution in [0.2, 0.25) is 0 Å². The summed E-state index contributed by atoms with van der Waals surface area (Å²) < 4.78 is 11.9. The zero-order chi connectivity index (χ0) is 30.5. The van der Waals surface area contributed by atoms with Gasteiger partial charge in [-0.25, -0.2) is 0 Å². The fraction of sp³-hybridized carbons (Fsp3) is 0.243. The smallest absolute Gasteiger partial charge is 0.255 e. The van der Waals surface area contributed by atoms with E-state index in [4.69, 9.17) is 9.15 Å². The molecule has 0 atom stereocenters. The standard InChI is InChI=1S/C37H37N3O4/c1-26-34(41)30-12-8-13-31(36(30)44-35(26)29-18-16-28(17-19-29)27-10-4-3-5-11-27)37(42)38-20-9-21-39-22-24-40(25-23-39)32-14-6-7-15-33(32)43-2/h3-8,10-19H,9,20-25H2,1-2H3,(H,38,42). The van der Waals surface area contributed by atoms with Crippen molar-refractivity contribution in [1.82, 2.24) is 10.2 Å². The molecule has 2 heterocycles. The van der Waals surface area contributed by atoms with Crippen LogP contribution in [0.3, 0.4) is 0 Å². The van der Waals surface area contributed by atoms with Gasteiger partial charge in [-0.3, -0.25) is 14.5 Å². The van der Waals surface area contributed by atoms with E-state index < -0.39 is 0 Å². The van der Waals surface area contributed by atoms with E-state index in [0.29, 0.717) is 34.4 Å². The Bertz CT molecular complexity index is 1810. The zero-order valence-corrected chi connectivity index (χ0v) is 25.2. The molecule has 7 nitrogen and oxygen atoms in total. The fourth-order valence-corrected chi connectivity index (χ4v) is 5.91. The largest absolute Gasteiger partial charge is 0.495 e. The van der Waals surface area contributed by atoms with Crippen LogP contribution >= 0.6 is 0 Å². The van der Waals surface area contributed by atoms with Gasteiger partial charge in [-0.1, -0.05) is 72.8 Å². The van der Waals surface area contributed by atoms with Crippen LogP contribution in [-0.4, -0.2) is 57.2 Å². The van der Waals surface area contributed by atoms with Crippen LogP contribution in [0.4, 0.5) is 5.69 Å². The molecule has 4 aromatic carbocycles. The number of nitrogens with zero attached hydrogens (tertiary/aromatic N) is 2. The number of rotatable bonds is 9. The van der Waals surface area contributed by atoms with Gasteiger partial charge in [0.1, 0.15) is 11.5 Å². The van der Waals surface area contributed by atoms with Gasteiger partial charge in [0.05, 0.1) is 23.7 Å². The summed E-state index contributed by atoms with van der Waals surface area (Å²) in [7, 11) is 1.71. The van der Waals surface area contributed by atoms with E-state index in [1.165, 1.54) is 0 Å². The summed E-state index contributed by atoms with van der Waals surface area (Å²) in [5, 5.41) is 3.45. The predicted molar refractivity (Wildman–Crippen MR) is 177 cm³/mol. The van der Waals surface area contributed by atoms with Crippen molar-refractivity contribution < 1.29 is 13.9 Å². The number of methoxy groups -OCH3 is 1. The van der Waals surface area contributed by atoms with Gasteiger partial charge in [0.25, 0.3) is 5.91 Å². The number of para-hydroxylation sites is 3. The monoisotopic (exact) mass is 587 g/mol. The number of anilines is 1. The highest BCUT2D eigenvalue weighted by molar-refractivity contribution is 6.05. The zero-order valence-electron chi connectivity index (χ0n) is 25.2. The number of carbonyl (C=O) groups is 1. The highest BCUT2D eigenvalue weighted by Crippen LogP contribution is 2.30. The first-order valence-corrected chi connectivity index (χ1v) is 15.1. The average Bonchev–Trinajstić information content (AvgIpc) is 3.08. The number of fused-ring (bicyclic) bond motifs is 1. The van der Waals surface area contributed by atoms with Crippen molar-refractivity contribution in [1.29, 1.82) is 0 Å². The summed E-state index contributed by atoms with van der Waals surface area (Å²) in [5.41, 5.74) is 5.19. The molecule has 0 bridgehead atoms. The van der Waals surface area contributed by atoms with Gasteiger partial charge in [-0.15, -0.1) is 0 Å². The predicted octanol–water partition coefficient (Wildman–Crippen LogP) is 6.39. The van der Waals surface area contributed by atoms with Gasteiger partial charge in [0.2, 0.25) is 0 Å². The van der Waals surface area contributed by atoms with Crippen LogP contribution in [-0.2, 0) is 0 Å². The first-order valence-electron chi connectivity index (χ1n) is 15.1. The van der Waals surface area contributed by atoms with Crippen LogP contribution in [0.15, 0.2) is 106 Å². The summed E-state index contributed by atoms with van der Waals surface area (Å²) in [6.07, 6.45) is 0.827. The number of ether oxygens (including phenoxy) is 1. The van der Waals surface area contributed by atoms with Crippen LogP contribution in [0.25, 0.3) is 33.4 Å². The third-order valence-corrected chi connectivity index (χ3v) is 8.38. The van der Waals surface area contributed by atoms with Gasteiger partial charge >= 0.3 is 0 Å². The number of nitrogens with one attached hydrogen (secondary N) is 1. The van der Waals surface area contributed by atoms with Gasteiger partial charge in [-0.05, 0) is 55.3 Å². The Morgan fingerprint density at radius 2 is 1.50 bits per heavy atom. The summed E-state index contributed by atoms with van der Waals surface area (Å²) in [4.78, 5) is 31.5. The SMILES string of the molecule is COc1ccccc1N1CCN(CCCNC(=O)c2cccc3c(=O)c(C)c(-c4ccc(-c5ccccc5)cc4)oc23)CC1. The number of amides is 1. The number of hydrogen-bond donors (Lipinski definition) is 1. The van der Waals surface area contributed by atoms with Crippen molar-refractivity contribution in [2.75, 3.05) is 51.3 Å². The lowest BCUT2D eigenvalue weighted by Gasteiger charge is -2.36. The Hall–Kier alpha value is -4.88. The summed E-state index contributed by atoms with van der Waals surface area (Å²) >= 11 is 0. The van der Waals surface area contributed by atoms with Crippen LogP contribution in [0.1, 0.15) is 22.3 Å². The molecule has 0 unspecified atom stereocenters. The molecule has 1 amide bonds. The maximum absolute atomic E-state index is 13.4. The molecule has 1 aliphatic rings. The third kappa shape index (κ3) is 6.10. The quantitative estimate of drug-likeness (QED) is 0.202. The highest BCUT2D eigenvalue weighted by Gasteiger charge is 2.21. The molecular weight excluding hydrogens is 550 g/mol. The van der Waals surface area contributed by atoms with Crippen molar-refractivity contribution in [3.05, 3.63) is 118 Å². The maximum atomic E-state index is 13.4. The molecule has 1 aliphatic heterocycles. The summed E-state index contributed by atoms with van der Waals surface area (Å²) in [6.45, 7) is 6.97. The van der Waals surface area contributed by atoms with Crippen LogP contribution < -0.4 is 20.4 Å². The first-order chi connectivity index (χ1) is 21.5. The number of benzene rings is 4. The second-order valence-electron chi connectivity index (χ2n) is 11.1. The van der Waals surface area contributed by atoms with Crippen molar-refractivity contribution in [2.45, 2.75) is 13.3 Å². The minimum Gasteiger partial charge on any atom is -0.495 e. The molecule has 1 fully saturated rings. The lowest BCUT2D eigenvalue weighted by molar-refractivity contribution is 0.0952. The van der Waals surface area contributed by atoms with Crippen molar-refractivity contribution in [3.8, 4) is 28.2 Å². The lowest BCUT2D eigenvalue weighted by Crippen LogP contribution is -2.47. The van der Waals surface area contributed by atoms with E-state index in [0.717, 1.165) is 67.3 Å². The molecule has 0 spiro atoms. The van der Waals surface area contributed by atoms with Gasteiger partial charge < -0.3 is 19.4 Å². The molecule has 1 aromatic heterocycles. The van der Waals surface area contributed by atoms with E-state index in [9.17, 15) is 9.59 Å². The summed E-state index contributed by atoms with van der Waals surface area (Å²) in [5.74, 6) is 1.14. The minimum atomic E-state index is -0.242. The number of hydrogen-bond acceptors (Lipinski definition) is 6. The molecule has 0 aliphatic carbocycles. The average molecular weight is 588 g/mol. The number of piperazine rings is 1. The van der Waals surface area contributed by atoms with E-state index in [-0.39, 0.29) is 11.3 Å². The lowest BCUT2D eigenvalue weighted by atomic mass is 10.0. The van der Waals surface area contributed by atoms with E-state index in [2.05, 4.69) is 33.3 Å².